The standard InChI is InChI=1S/C28H33Cl2F2N3O3/c1-26(2,3)12-20-28(15-8-18(31)17(30)9-19(15)34-25(28)37)21(14-6-5-7-16(29)22(14)32)23(35-20)24(36)33-13-10-27(4,38)11-13/h5-9,13-14,20-23,35,38H,10-12H2,1-4H3,(H,33,36)(H,34,37)/t13?,14?,20-,21-,22?,23+,27?,28+/m0/s1. The van der Waals surface area contributed by atoms with Crippen molar-refractivity contribution in [3.8, 4) is 0 Å². The summed E-state index contributed by atoms with van der Waals surface area (Å²) in [4.78, 5) is 27.9. The van der Waals surface area contributed by atoms with Gasteiger partial charge in [0.05, 0.1) is 27.1 Å². The van der Waals surface area contributed by atoms with Crippen LogP contribution in [0.5, 0.6) is 0 Å². The summed E-state index contributed by atoms with van der Waals surface area (Å²) >= 11 is 12.3. The van der Waals surface area contributed by atoms with Crippen LogP contribution in [0.1, 0.15) is 52.5 Å². The van der Waals surface area contributed by atoms with Crippen molar-refractivity contribution in [3.63, 3.8) is 0 Å². The van der Waals surface area contributed by atoms with E-state index < -0.39 is 58.7 Å². The number of alkyl halides is 1. The highest BCUT2D eigenvalue weighted by Gasteiger charge is 2.68. The van der Waals surface area contributed by atoms with Gasteiger partial charge in [0.1, 0.15) is 12.0 Å². The minimum absolute atomic E-state index is 0.0259. The van der Waals surface area contributed by atoms with Crippen LogP contribution in [0.2, 0.25) is 5.02 Å². The van der Waals surface area contributed by atoms with E-state index in [-0.39, 0.29) is 21.5 Å². The number of halogens is 4. The molecule has 0 aromatic heterocycles. The molecule has 6 atom stereocenters. The van der Waals surface area contributed by atoms with E-state index in [1.54, 1.807) is 19.1 Å². The maximum Gasteiger partial charge on any atom is 0.237 e. The molecule has 1 spiro atoms. The van der Waals surface area contributed by atoms with Crippen LogP contribution in [0.25, 0.3) is 0 Å². The minimum Gasteiger partial charge on any atom is -0.390 e. The molecule has 2 heterocycles. The highest BCUT2D eigenvalue weighted by molar-refractivity contribution is 6.31. The molecule has 2 amide bonds. The lowest BCUT2D eigenvalue weighted by molar-refractivity contribution is -0.129. The number of fused-ring (bicyclic) bond motifs is 2. The van der Waals surface area contributed by atoms with E-state index in [1.165, 1.54) is 18.2 Å². The maximum absolute atomic E-state index is 15.8. The van der Waals surface area contributed by atoms with Crippen LogP contribution in [0, 0.1) is 23.1 Å². The molecular weight excluding hydrogens is 535 g/mol. The van der Waals surface area contributed by atoms with Gasteiger partial charge in [-0.2, -0.15) is 0 Å². The molecule has 206 valence electrons. The normalized spacial score (nSPS) is 38.0. The third-order valence-electron chi connectivity index (χ3n) is 8.37. The fourth-order valence-corrected chi connectivity index (χ4v) is 7.29. The summed E-state index contributed by atoms with van der Waals surface area (Å²) in [5, 5.41) is 19.2. The molecule has 2 aliphatic heterocycles. The molecule has 1 saturated heterocycles. The van der Waals surface area contributed by atoms with Gasteiger partial charge in [0.2, 0.25) is 11.8 Å². The Labute approximate surface area is 231 Å². The number of benzene rings is 1. The van der Waals surface area contributed by atoms with Crippen molar-refractivity contribution in [2.24, 2.45) is 17.3 Å². The molecule has 2 unspecified atom stereocenters. The van der Waals surface area contributed by atoms with E-state index >= 15 is 4.39 Å². The Morgan fingerprint density at radius 3 is 2.58 bits per heavy atom. The van der Waals surface area contributed by atoms with Crippen LogP contribution in [0.3, 0.4) is 0 Å². The lowest BCUT2D eigenvalue weighted by atomic mass is 9.59. The Morgan fingerprint density at radius 1 is 1.26 bits per heavy atom. The third-order valence-corrected chi connectivity index (χ3v) is 8.99. The Hall–Kier alpha value is -2.00. The monoisotopic (exact) mass is 567 g/mol. The van der Waals surface area contributed by atoms with Gasteiger partial charge in [0.25, 0.3) is 0 Å². The third kappa shape index (κ3) is 4.47. The smallest absolute Gasteiger partial charge is 0.237 e. The molecular formula is C28H33Cl2F2N3O3. The summed E-state index contributed by atoms with van der Waals surface area (Å²) in [6.07, 6.45) is 4.29. The number of rotatable bonds is 4. The molecule has 38 heavy (non-hydrogen) atoms. The molecule has 1 aromatic carbocycles. The van der Waals surface area contributed by atoms with Crippen molar-refractivity contribution in [1.82, 2.24) is 10.6 Å². The zero-order valence-corrected chi connectivity index (χ0v) is 23.3. The van der Waals surface area contributed by atoms with E-state index in [4.69, 9.17) is 23.2 Å². The first-order valence-corrected chi connectivity index (χ1v) is 13.7. The van der Waals surface area contributed by atoms with Gasteiger partial charge in [-0.3, -0.25) is 9.59 Å². The number of carbonyl (C=O) groups is 2. The van der Waals surface area contributed by atoms with Crippen molar-refractivity contribution in [1.29, 1.82) is 0 Å². The Balaban J connectivity index is 1.66. The molecule has 10 heteroatoms. The molecule has 2 aliphatic carbocycles. The lowest BCUT2D eigenvalue weighted by Gasteiger charge is -2.43. The highest BCUT2D eigenvalue weighted by Crippen LogP contribution is 2.57. The number of amides is 2. The number of carbonyl (C=O) groups excluding carboxylic acids is 2. The predicted octanol–water partition coefficient (Wildman–Crippen LogP) is 4.74. The van der Waals surface area contributed by atoms with Crippen molar-refractivity contribution >= 4 is 40.7 Å². The fourth-order valence-electron chi connectivity index (χ4n) is 6.91. The second-order valence-corrected chi connectivity index (χ2v) is 13.5. The Morgan fingerprint density at radius 2 is 1.95 bits per heavy atom. The molecule has 4 aliphatic rings. The van der Waals surface area contributed by atoms with Gasteiger partial charge < -0.3 is 21.1 Å². The summed E-state index contributed by atoms with van der Waals surface area (Å²) < 4.78 is 30.8. The van der Waals surface area contributed by atoms with Gasteiger partial charge in [0.15, 0.2) is 0 Å². The van der Waals surface area contributed by atoms with Crippen LogP contribution in [0.4, 0.5) is 14.5 Å². The number of nitrogens with one attached hydrogen (secondary N) is 3. The van der Waals surface area contributed by atoms with Crippen molar-refractivity contribution < 1.29 is 23.5 Å². The SMILES string of the molecule is CC(C)(C)C[C@@H]1N[C@@H](C(=O)NC2CC(C)(O)C2)[C@H](C2C=CC=C(Cl)C2F)[C@]12C(=O)Nc1cc(Cl)c(F)cc12. The first kappa shape index (κ1) is 27.6. The molecule has 0 radical (unpaired) electrons. The summed E-state index contributed by atoms with van der Waals surface area (Å²) in [6, 6.07) is 0.745. The van der Waals surface area contributed by atoms with E-state index in [9.17, 15) is 19.1 Å². The predicted molar refractivity (Wildman–Crippen MR) is 143 cm³/mol. The second kappa shape index (κ2) is 9.29. The average Bonchev–Trinajstić information content (AvgIpc) is 3.24. The summed E-state index contributed by atoms with van der Waals surface area (Å²) in [7, 11) is 0. The summed E-state index contributed by atoms with van der Waals surface area (Å²) in [5.74, 6) is -3.41. The number of hydrogen-bond donors (Lipinski definition) is 4. The first-order chi connectivity index (χ1) is 17.6. The first-order valence-electron chi connectivity index (χ1n) is 12.9. The summed E-state index contributed by atoms with van der Waals surface area (Å²) in [6.45, 7) is 7.73. The number of hydrogen-bond acceptors (Lipinski definition) is 4. The van der Waals surface area contributed by atoms with E-state index in [0.29, 0.717) is 30.5 Å². The molecule has 1 saturated carbocycles. The van der Waals surface area contributed by atoms with E-state index in [2.05, 4.69) is 16.0 Å². The van der Waals surface area contributed by atoms with Crippen molar-refractivity contribution in [2.45, 2.75) is 82.3 Å². The Bertz CT molecular complexity index is 1240. The molecule has 2 fully saturated rings. The zero-order valence-electron chi connectivity index (χ0n) is 21.7. The van der Waals surface area contributed by atoms with Crippen LogP contribution in [0.15, 0.2) is 35.4 Å². The van der Waals surface area contributed by atoms with Crippen LogP contribution in [-0.2, 0) is 15.0 Å². The largest absolute Gasteiger partial charge is 0.390 e. The topological polar surface area (TPSA) is 90.5 Å². The molecule has 5 rings (SSSR count). The van der Waals surface area contributed by atoms with E-state index in [1.807, 2.05) is 20.8 Å². The minimum atomic E-state index is -1.66. The van der Waals surface area contributed by atoms with Gasteiger partial charge in [0, 0.05) is 29.6 Å². The van der Waals surface area contributed by atoms with Crippen LogP contribution in [-0.4, -0.2) is 46.8 Å². The van der Waals surface area contributed by atoms with Gasteiger partial charge in [-0.1, -0.05) is 56.1 Å². The lowest BCUT2D eigenvalue weighted by Crippen LogP contribution is -2.58. The maximum atomic E-state index is 15.8. The molecule has 4 N–H and O–H groups in total. The zero-order chi connectivity index (χ0) is 27.8. The Kier molecular flexibility index (Phi) is 6.74. The van der Waals surface area contributed by atoms with Gasteiger partial charge >= 0.3 is 0 Å². The average molecular weight is 568 g/mol. The fraction of sp³-hybridized carbons (Fsp3) is 0.571. The molecule has 0 bridgehead atoms. The number of anilines is 1. The molecule has 6 nitrogen and oxygen atoms in total. The van der Waals surface area contributed by atoms with Crippen LogP contribution >= 0.6 is 23.2 Å². The van der Waals surface area contributed by atoms with E-state index in [0.717, 1.165) is 0 Å². The highest BCUT2D eigenvalue weighted by atomic mass is 35.5. The van der Waals surface area contributed by atoms with Gasteiger partial charge in [-0.15, -0.1) is 0 Å². The van der Waals surface area contributed by atoms with Crippen molar-refractivity contribution in [3.05, 3.63) is 51.8 Å². The van der Waals surface area contributed by atoms with Crippen molar-refractivity contribution in [2.75, 3.05) is 5.32 Å². The number of aliphatic hydroxyl groups is 1. The quantitative estimate of drug-likeness (QED) is 0.423. The number of allylic oxidation sites excluding steroid dienone is 4. The second-order valence-electron chi connectivity index (χ2n) is 12.6. The van der Waals surface area contributed by atoms with Gasteiger partial charge in [-0.05, 0) is 55.4 Å². The molecule has 1 aromatic rings. The van der Waals surface area contributed by atoms with Crippen LogP contribution < -0.4 is 16.0 Å². The summed E-state index contributed by atoms with van der Waals surface area (Å²) in [5.41, 5.74) is -1.93. The van der Waals surface area contributed by atoms with Gasteiger partial charge in [-0.25, -0.2) is 8.78 Å².